The maximum Gasteiger partial charge on any atom is 0.313 e. The summed E-state index contributed by atoms with van der Waals surface area (Å²) in [6.45, 7) is 0.0759. The van der Waals surface area contributed by atoms with Crippen molar-refractivity contribution in [2.75, 3.05) is 5.32 Å². The average Bonchev–Trinajstić information content (AvgIpc) is 3.34. The Kier molecular flexibility index (Phi) is 5.68. The van der Waals surface area contributed by atoms with Crippen molar-refractivity contribution in [2.24, 2.45) is 0 Å². The molecular weight excluding hydrogens is 395 g/mol. The lowest BCUT2D eigenvalue weighted by Crippen LogP contribution is -2.34. The number of amides is 2. The Morgan fingerprint density at radius 1 is 1.11 bits per heavy atom. The van der Waals surface area contributed by atoms with Gasteiger partial charge in [0.15, 0.2) is 5.76 Å². The van der Waals surface area contributed by atoms with Crippen LogP contribution in [0.25, 0.3) is 0 Å². The molecule has 0 bridgehead atoms. The van der Waals surface area contributed by atoms with Crippen molar-refractivity contribution in [1.82, 2.24) is 5.32 Å². The molecule has 9 heteroatoms. The molecule has 0 aliphatic rings. The maximum absolute atomic E-state index is 13.1. The second-order valence-electron chi connectivity index (χ2n) is 5.34. The van der Waals surface area contributed by atoms with Gasteiger partial charge in [-0.3, -0.25) is 14.4 Å². The van der Waals surface area contributed by atoms with E-state index in [1.807, 2.05) is 0 Å². The van der Waals surface area contributed by atoms with Gasteiger partial charge < -0.3 is 15.1 Å². The van der Waals surface area contributed by atoms with Crippen molar-refractivity contribution in [3.05, 3.63) is 75.1 Å². The number of hydrogen-bond donors (Lipinski definition) is 2. The monoisotopic (exact) mass is 406 g/mol. The molecule has 2 N–H and O–H groups in total. The molecular formula is C18H12ClFN2O4S. The van der Waals surface area contributed by atoms with E-state index in [0.717, 1.165) is 6.07 Å². The van der Waals surface area contributed by atoms with Crippen molar-refractivity contribution >= 4 is 46.2 Å². The minimum Gasteiger partial charge on any atom is -0.461 e. The predicted octanol–water partition coefficient (Wildman–Crippen LogP) is 3.62. The molecule has 0 aliphatic carbocycles. The first-order valence-corrected chi connectivity index (χ1v) is 8.84. The van der Waals surface area contributed by atoms with Crippen LogP contribution >= 0.6 is 22.9 Å². The van der Waals surface area contributed by atoms with Gasteiger partial charge in [-0.15, -0.1) is 11.3 Å². The van der Waals surface area contributed by atoms with Crippen LogP contribution in [0.4, 0.5) is 10.1 Å². The zero-order valence-corrected chi connectivity index (χ0v) is 15.2. The molecule has 6 nitrogen and oxygen atoms in total. The fraction of sp³-hybridized carbons (Fsp3) is 0.0556. The second-order valence-corrected chi connectivity index (χ2v) is 6.91. The smallest absolute Gasteiger partial charge is 0.313 e. The molecule has 2 heterocycles. The van der Waals surface area contributed by atoms with E-state index in [4.69, 9.17) is 16.0 Å². The van der Waals surface area contributed by atoms with E-state index < -0.39 is 17.6 Å². The Morgan fingerprint density at radius 3 is 2.63 bits per heavy atom. The van der Waals surface area contributed by atoms with E-state index in [9.17, 15) is 18.8 Å². The van der Waals surface area contributed by atoms with E-state index in [1.165, 1.54) is 29.7 Å². The fourth-order valence-corrected chi connectivity index (χ4v) is 3.21. The summed E-state index contributed by atoms with van der Waals surface area (Å²) in [7, 11) is 0. The zero-order valence-electron chi connectivity index (χ0n) is 13.6. The first kappa shape index (κ1) is 18.8. The number of ketones is 1. The third-order valence-corrected chi connectivity index (χ3v) is 4.81. The number of carbonyl (C=O) groups excluding carboxylic acids is 3. The molecule has 1 aromatic carbocycles. The Hall–Kier alpha value is -2.97. The van der Waals surface area contributed by atoms with Gasteiger partial charge in [0.2, 0.25) is 5.78 Å². The van der Waals surface area contributed by atoms with Crippen molar-refractivity contribution in [2.45, 2.75) is 6.54 Å². The van der Waals surface area contributed by atoms with Crippen molar-refractivity contribution < 1.29 is 23.2 Å². The summed E-state index contributed by atoms with van der Waals surface area (Å²) in [4.78, 5) is 37.1. The molecule has 0 atom stereocenters. The lowest BCUT2D eigenvalue weighted by atomic mass is 10.2. The summed E-state index contributed by atoms with van der Waals surface area (Å²) in [5, 5.41) is 4.61. The third kappa shape index (κ3) is 4.60. The first-order chi connectivity index (χ1) is 12.9. The van der Waals surface area contributed by atoms with Gasteiger partial charge in [-0.1, -0.05) is 11.6 Å². The molecule has 0 saturated heterocycles. The van der Waals surface area contributed by atoms with Crippen molar-refractivity contribution in [3.63, 3.8) is 0 Å². The largest absolute Gasteiger partial charge is 0.461 e. The van der Waals surface area contributed by atoms with Crippen LogP contribution in [0.2, 0.25) is 5.02 Å². The summed E-state index contributed by atoms with van der Waals surface area (Å²) >= 11 is 6.81. The van der Waals surface area contributed by atoms with Crippen LogP contribution in [0.3, 0.4) is 0 Å². The lowest BCUT2D eigenvalue weighted by Gasteiger charge is -2.06. The van der Waals surface area contributed by atoms with Gasteiger partial charge in [-0.25, -0.2) is 4.39 Å². The molecule has 2 aromatic heterocycles. The van der Waals surface area contributed by atoms with Crippen LogP contribution in [0, 0.1) is 5.82 Å². The average molecular weight is 407 g/mol. The quantitative estimate of drug-likeness (QED) is 0.500. The molecule has 0 spiro atoms. The topological polar surface area (TPSA) is 88.4 Å². The van der Waals surface area contributed by atoms with Gasteiger partial charge in [0, 0.05) is 10.6 Å². The highest BCUT2D eigenvalue weighted by atomic mass is 35.5. The molecule has 0 fully saturated rings. The second kappa shape index (κ2) is 8.15. The van der Waals surface area contributed by atoms with Crippen LogP contribution in [0.1, 0.15) is 20.3 Å². The summed E-state index contributed by atoms with van der Waals surface area (Å²) in [6, 6.07) is 10.1. The molecule has 27 heavy (non-hydrogen) atoms. The number of thiophene rings is 1. The van der Waals surface area contributed by atoms with Gasteiger partial charge in [0.25, 0.3) is 0 Å². The molecule has 0 saturated carbocycles. The number of rotatable bonds is 5. The molecule has 0 aliphatic heterocycles. The maximum atomic E-state index is 13.1. The predicted molar refractivity (Wildman–Crippen MR) is 98.3 cm³/mol. The Morgan fingerprint density at radius 2 is 1.93 bits per heavy atom. The van der Waals surface area contributed by atoms with Crippen LogP contribution in [0.5, 0.6) is 0 Å². The normalized spacial score (nSPS) is 10.4. The van der Waals surface area contributed by atoms with Gasteiger partial charge in [-0.2, -0.15) is 0 Å². The highest BCUT2D eigenvalue weighted by Gasteiger charge is 2.17. The third-order valence-electron chi connectivity index (χ3n) is 3.44. The Balaban J connectivity index is 1.55. The lowest BCUT2D eigenvalue weighted by molar-refractivity contribution is -0.136. The number of anilines is 1. The summed E-state index contributed by atoms with van der Waals surface area (Å²) in [6.07, 6.45) is 1.41. The summed E-state index contributed by atoms with van der Waals surface area (Å²) in [5.41, 5.74) is 0.198. The molecule has 2 amide bonds. The zero-order chi connectivity index (χ0) is 19.4. The van der Waals surface area contributed by atoms with E-state index >= 15 is 0 Å². The molecule has 0 unspecified atom stereocenters. The van der Waals surface area contributed by atoms with Gasteiger partial charge in [0.1, 0.15) is 5.82 Å². The summed E-state index contributed by atoms with van der Waals surface area (Å²) in [5.74, 6) is -2.45. The summed E-state index contributed by atoms with van der Waals surface area (Å²) < 4.78 is 18.2. The Bertz CT molecular complexity index is 1000. The highest BCUT2D eigenvalue weighted by Crippen LogP contribution is 2.21. The molecule has 3 rings (SSSR count). The van der Waals surface area contributed by atoms with Crippen LogP contribution in [-0.4, -0.2) is 17.6 Å². The molecule has 3 aromatic rings. The number of nitrogens with one attached hydrogen (secondary N) is 2. The van der Waals surface area contributed by atoms with Crippen LogP contribution < -0.4 is 10.6 Å². The standard InChI is InChI=1S/C18H12ClFN2O4S/c19-12-8-10(3-5-13(12)20)22-18(25)17(24)21-9-11-4-6-15(27-11)16(23)14-2-1-7-26-14/h1-8H,9H2,(H,21,24)(H,22,25). The minimum absolute atomic E-state index is 0.0759. The number of hydrogen-bond acceptors (Lipinski definition) is 5. The van der Waals surface area contributed by atoms with Crippen molar-refractivity contribution in [1.29, 1.82) is 0 Å². The van der Waals surface area contributed by atoms with Crippen LogP contribution in [-0.2, 0) is 16.1 Å². The minimum atomic E-state index is -0.916. The van der Waals surface area contributed by atoms with Gasteiger partial charge >= 0.3 is 11.8 Å². The number of carbonyl (C=O) groups is 3. The molecule has 0 radical (unpaired) electrons. The van der Waals surface area contributed by atoms with Gasteiger partial charge in [0.05, 0.1) is 22.7 Å². The van der Waals surface area contributed by atoms with Crippen LogP contribution in [0.15, 0.2) is 53.1 Å². The van der Waals surface area contributed by atoms with E-state index in [-0.39, 0.29) is 28.8 Å². The Labute approximate surface area is 161 Å². The fourth-order valence-electron chi connectivity index (χ4n) is 2.13. The highest BCUT2D eigenvalue weighted by molar-refractivity contribution is 7.14. The first-order valence-electron chi connectivity index (χ1n) is 7.65. The van der Waals surface area contributed by atoms with E-state index in [2.05, 4.69) is 10.6 Å². The van der Waals surface area contributed by atoms with E-state index in [0.29, 0.717) is 9.75 Å². The van der Waals surface area contributed by atoms with Gasteiger partial charge in [-0.05, 0) is 42.5 Å². The van der Waals surface area contributed by atoms with Crippen molar-refractivity contribution in [3.8, 4) is 0 Å². The molecule has 138 valence electrons. The SMILES string of the molecule is O=C(NCc1ccc(C(=O)c2ccco2)s1)C(=O)Nc1ccc(F)c(Cl)c1. The number of benzene rings is 1. The number of halogens is 2. The number of furan rings is 1. The van der Waals surface area contributed by atoms with E-state index in [1.54, 1.807) is 24.3 Å².